The molecule has 0 radical (unpaired) electrons. The monoisotopic (exact) mass is 430 g/mol. The van der Waals surface area contributed by atoms with E-state index < -0.39 is 0 Å². The molecule has 0 aromatic heterocycles. The Morgan fingerprint density at radius 3 is 2.13 bits per heavy atom. The Morgan fingerprint density at radius 1 is 1.00 bits per heavy atom. The van der Waals surface area contributed by atoms with Crippen molar-refractivity contribution in [1.82, 2.24) is 0 Å². The number of nitrogens with one attached hydrogen (secondary N) is 2. The van der Waals surface area contributed by atoms with Crippen LogP contribution in [0.4, 0.5) is 11.4 Å². The van der Waals surface area contributed by atoms with Crippen molar-refractivity contribution in [2.24, 2.45) is 5.92 Å². The maximum atomic E-state index is 12.2. The average molecular weight is 431 g/mol. The van der Waals surface area contributed by atoms with E-state index in [1.54, 1.807) is 42.5 Å². The molecule has 0 spiro atoms. The molecule has 0 unspecified atom stereocenters. The van der Waals surface area contributed by atoms with Crippen LogP contribution in [0.2, 0.25) is 5.02 Å². The van der Waals surface area contributed by atoms with Crippen molar-refractivity contribution >= 4 is 40.9 Å². The minimum Gasteiger partial charge on any atom is -0.493 e. The lowest BCUT2D eigenvalue weighted by atomic mass is 10.1. The fourth-order valence-corrected chi connectivity index (χ4v) is 2.73. The zero-order valence-electron chi connectivity index (χ0n) is 17.8. The minimum absolute atomic E-state index is 0.0475. The molecule has 2 rings (SSSR count). The predicted molar refractivity (Wildman–Crippen MR) is 121 cm³/mol. The van der Waals surface area contributed by atoms with Gasteiger partial charge in [-0.05, 0) is 61.9 Å². The third-order valence-corrected chi connectivity index (χ3v) is 4.26. The normalized spacial score (nSPS) is 11.1. The van der Waals surface area contributed by atoms with Gasteiger partial charge in [0.15, 0.2) is 11.5 Å². The van der Waals surface area contributed by atoms with Crippen LogP contribution >= 0.6 is 11.6 Å². The van der Waals surface area contributed by atoms with Crippen LogP contribution in [0.5, 0.6) is 11.5 Å². The van der Waals surface area contributed by atoms with Crippen molar-refractivity contribution in [3.05, 3.63) is 53.1 Å². The second-order valence-electron chi connectivity index (χ2n) is 7.24. The highest BCUT2D eigenvalue weighted by atomic mass is 35.5. The summed E-state index contributed by atoms with van der Waals surface area (Å²) in [5.74, 6) is 0.503. The van der Waals surface area contributed by atoms with Crippen LogP contribution in [0, 0.1) is 5.92 Å². The molecule has 2 aromatic carbocycles. The van der Waals surface area contributed by atoms with Crippen LogP contribution in [0.25, 0.3) is 6.08 Å². The highest BCUT2D eigenvalue weighted by molar-refractivity contribution is 6.32. The number of amides is 2. The number of anilines is 2. The first kappa shape index (κ1) is 23.3. The molecule has 0 aliphatic rings. The molecular formula is C23H27ClN2O4. The Balaban J connectivity index is 2.04. The molecule has 0 bridgehead atoms. The van der Waals surface area contributed by atoms with Gasteiger partial charge in [0.2, 0.25) is 11.8 Å². The second-order valence-corrected chi connectivity index (χ2v) is 7.65. The van der Waals surface area contributed by atoms with Crippen LogP contribution in [0.15, 0.2) is 42.5 Å². The van der Waals surface area contributed by atoms with Gasteiger partial charge in [0.1, 0.15) is 0 Å². The number of rotatable bonds is 8. The summed E-state index contributed by atoms with van der Waals surface area (Å²) in [5, 5.41) is 5.97. The SMILES string of the molecule is COc1cc(/C=C/C(=O)Nc2ccc(NC(=O)C(C)C)cc2)cc(Cl)c1OC(C)C. The van der Waals surface area contributed by atoms with Crippen LogP contribution in [0.3, 0.4) is 0 Å². The highest BCUT2D eigenvalue weighted by Gasteiger charge is 2.13. The predicted octanol–water partition coefficient (Wildman–Crippen LogP) is 5.38. The van der Waals surface area contributed by atoms with Crippen LogP contribution in [-0.2, 0) is 9.59 Å². The molecule has 30 heavy (non-hydrogen) atoms. The van der Waals surface area contributed by atoms with Crippen molar-refractivity contribution in [1.29, 1.82) is 0 Å². The lowest BCUT2D eigenvalue weighted by molar-refractivity contribution is -0.119. The first-order valence-corrected chi connectivity index (χ1v) is 10.0. The maximum Gasteiger partial charge on any atom is 0.248 e. The summed E-state index contributed by atoms with van der Waals surface area (Å²) in [6, 6.07) is 10.4. The summed E-state index contributed by atoms with van der Waals surface area (Å²) in [7, 11) is 1.53. The molecule has 2 aromatic rings. The van der Waals surface area contributed by atoms with E-state index in [1.807, 2.05) is 27.7 Å². The number of methoxy groups -OCH3 is 1. The van der Waals surface area contributed by atoms with Crippen molar-refractivity contribution in [2.75, 3.05) is 17.7 Å². The molecule has 2 amide bonds. The van der Waals surface area contributed by atoms with Gasteiger partial charge in [-0.3, -0.25) is 9.59 Å². The van der Waals surface area contributed by atoms with E-state index in [9.17, 15) is 9.59 Å². The number of carbonyl (C=O) groups excluding carboxylic acids is 2. The van der Waals surface area contributed by atoms with E-state index in [0.29, 0.717) is 33.5 Å². The molecule has 0 aliphatic carbocycles. The van der Waals surface area contributed by atoms with Gasteiger partial charge in [0.25, 0.3) is 0 Å². The van der Waals surface area contributed by atoms with E-state index in [2.05, 4.69) is 10.6 Å². The number of hydrogen-bond acceptors (Lipinski definition) is 4. The summed E-state index contributed by atoms with van der Waals surface area (Å²) >= 11 is 6.30. The van der Waals surface area contributed by atoms with Gasteiger partial charge in [0, 0.05) is 23.4 Å². The molecule has 0 fully saturated rings. The van der Waals surface area contributed by atoms with Gasteiger partial charge >= 0.3 is 0 Å². The number of hydrogen-bond donors (Lipinski definition) is 2. The standard InChI is InChI=1S/C23H27ClN2O4/c1-14(2)23(28)26-18-9-7-17(8-10-18)25-21(27)11-6-16-12-19(24)22(30-15(3)4)20(13-16)29-5/h6-15H,1-5H3,(H,25,27)(H,26,28)/b11-6+. The van der Waals surface area contributed by atoms with Crippen molar-refractivity contribution in [3.8, 4) is 11.5 Å². The van der Waals surface area contributed by atoms with Gasteiger partial charge in [0.05, 0.1) is 18.2 Å². The summed E-state index contributed by atoms with van der Waals surface area (Å²) < 4.78 is 11.0. The first-order chi connectivity index (χ1) is 14.2. The van der Waals surface area contributed by atoms with Gasteiger partial charge in [-0.15, -0.1) is 0 Å². The molecule has 2 N–H and O–H groups in total. The average Bonchev–Trinajstić information content (AvgIpc) is 2.69. The van der Waals surface area contributed by atoms with Crippen molar-refractivity contribution < 1.29 is 19.1 Å². The van der Waals surface area contributed by atoms with Crippen molar-refractivity contribution in [3.63, 3.8) is 0 Å². The third kappa shape index (κ3) is 6.81. The van der Waals surface area contributed by atoms with E-state index in [1.165, 1.54) is 13.2 Å². The minimum atomic E-state index is -0.299. The van der Waals surface area contributed by atoms with E-state index >= 15 is 0 Å². The van der Waals surface area contributed by atoms with Crippen LogP contribution < -0.4 is 20.1 Å². The summed E-state index contributed by atoms with van der Waals surface area (Å²) in [6.45, 7) is 7.45. The Hall–Kier alpha value is -2.99. The van der Waals surface area contributed by atoms with Gasteiger partial charge in [-0.2, -0.15) is 0 Å². The smallest absolute Gasteiger partial charge is 0.248 e. The van der Waals surface area contributed by atoms with Gasteiger partial charge < -0.3 is 20.1 Å². The van der Waals surface area contributed by atoms with E-state index in [4.69, 9.17) is 21.1 Å². The molecule has 6 nitrogen and oxygen atoms in total. The molecule has 0 saturated heterocycles. The summed E-state index contributed by atoms with van der Waals surface area (Å²) in [4.78, 5) is 24.0. The summed E-state index contributed by atoms with van der Waals surface area (Å²) in [5.41, 5.74) is 1.99. The lowest BCUT2D eigenvalue weighted by Gasteiger charge is -2.15. The third-order valence-electron chi connectivity index (χ3n) is 3.98. The van der Waals surface area contributed by atoms with Crippen LogP contribution in [-0.4, -0.2) is 25.0 Å². The Kier molecular flexibility index (Phi) is 8.30. The van der Waals surface area contributed by atoms with E-state index in [0.717, 1.165) is 0 Å². The molecule has 0 heterocycles. The number of ether oxygens (including phenoxy) is 2. The Bertz CT molecular complexity index is 922. The molecule has 0 saturated carbocycles. The Morgan fingerprint density at radius 2 is 1.60 bits per heavy atom. The molecule has 0 aliphatic heterocycles. The van der Waals surface area contributed by atoms with Crippen LogP contribution in [0.1, 0.15) is 33.3 Å². The molecule has 7 heteroatoms. The number of benzene rings is 2. The number of halogens is 1. The molecule has 160 valence electrons. The zero-order valence-corrected chi connectivity index (χ0v) is 18.5. The van der Waals surface area contributed by atoms with Crippen molar-refractivity contribution in [2.45, 2.75) is 33.8 Å². The zero-order chi connectivity index (χ0) is 22.3. The quantitative estimate of drug-likeness (QED) is 0.551. The van der Waals surface area contributed by atoms with Gasteiger partial charge in [-0.1, -0.05) is 25.4 Å². The summed E-state index contributed by atoms with van der Waals surface area (Å²) in [6.07, 6.45) is 3.00. The maximum absolute atomic E-state index is 12.2. The molecule has 0 atom stereocenters. The van der Waals surface area contributed by atoms with Gasteiger partial charge in [-0.25, -0.2) is 0 Å². The topological polar surface area (TPSA) is 76.7 Å². The Labute approximate surface area is 182 Å². The highest BCUT2D eigenvalue weighted by Crippen LogP contribution is 2.37. The fourth-order valence-electron chi connectivity index (χ4n) is 2.47. The number of carbonyl (C=O) groups is 2. The molecular weight excluding hydrogens is 404 g/mol. The first-order valence-electron chi connectivity index (χ1n) is 9.63. The second kappa shape index (κ2) is 10.7. The fraction of sp³-hybridized carbons (Fsp3) is 0.304. The van der Waals surface area contributed by atoms with E-state index in [-0.39, 0.29) is 23.8 Å². The largest absolute Gasteiger partial charge is 0.493 e. The lowest BCUT2D eigenvalue weighted by Crippen LogP contribution is -2.17.